The summed E-state index contributed by atoms with van der Waals surface area (Å²) in [7, 11) is 0. The van der Waals surface area contributed by atoms with Crippen molar-refractivity contribution in [1.82, 2.24) is 19.7 Å². The molecule has 0 fully saturated rings. The van der Waals surface area contributed by atoms with Crippen LogP contribution in [0.15, 0.2) is 46.7 Å². The molecule has 0 spiro atoms. The molecule has 0 saturated heterocycles. The Hall–Kier alpha value is -2.55. The van der Waals surface area contributed by atoms with Crippen molar-refractivity contribution < 1.29 is 13.2 Å². The van der Waals surface area contributed by atoms with Crippen LogP contribution in [0.4, 0.5) is 13.2 Å². The Bertz CT molecular complexity index is 873. The molecular formula is C14H9F3N4OS. The van der Waals surface area contributed by atoms with E-state index in [0.717, 1.165) is 10.7 Å². The molecule has 3 aromatic heterocycles. The normalized spacial score (nSPS) is 11.6. The first-order valence-electron chi connectivity index (χ1n) is 6.44. The lowest BCUT2D eigenvalue weighted by atomic mass is 10.3. The van der Waals surface area contributed by atoms with E-state index >= 15 is 0 Å². The maximum Gasteiger partial charge on any atom is 0.435 e. The molecule has 0 atom stereocenters. The first kappa shape index (κ1) is 15.3. The third-order valence-electron chi connectivity index (χ3n) is 2.90. The van der Waals surface area contributed by atoms with Gasteiger partial charge in [-0.2, -0.15) is 18.3 Å². The van der Waals surface area contributed by atoms with Crippen molar-refractivity contribution in [1.29, 1.82) is 0 Å². The first-order valence-corrected chi connectivity index (χ1v) is 7.32. The highest BCUT2D eigenvalue weighted by molar-refractivity contribution is 7.13. The van der Waals surface area contributed by atoms with Crippen molar-refractivity contribution >= 4 is 11.3 Å². The molecule has 0 N–H and O–H groups in total. The van der Waals surface area contributed by atoms with E-state index in [1.54, 1.807) is 23.7 Å². The summed E-state index contributed by atoms with van der Waals surface area (Å²) in [6.07, 6.45) is -2.98. The smallest absolute Gasteiger partial charge is 0.268 e. The fraction of sp³-hybridized carbons (Fsp3) is 0.143. The van der Waals surface area contributed by atoms with Crippen LogP contribution in [-0.2, 0) is 12.7 Å². The van der Waals surface area contributed by atoms with Crippen LogP contribution in [0.25, 0.3) is 10.7 Å². The highest BCUT2D eigenvalue weighted by Gasteiger charge is 2.33. The minimum absolute atomic E-state index is 0.133. The van der Waals surface area contributed by atoms with E-state index in [-0.39, 0.29) is 6.54 Å². The van der Waals surface area contributed by atoms with E-state index in [4.69, 9.17) is 0 Å². The zero-order valence-electron chi connectivity index (χ0n) is 11.5. The van der Waals surface area contributed by atoms with E-state index in [2.05, 4.69) is 15.1 Å². The minimum atomic E-state index is -4.60. The molecule has 0 aliphatic heterocycles. The number of hydrogen-bond donors (Lipinski definition) is 0. The fourth-order valence-electron chi connectivity index (χ4n) is 1.85. The third-order valence-corrected chi connectivity index (χ3v) is 3.82. The van der Waals surface area contributed by atoms with Crippen molar-refractivity contribution in [3.8, 4) is 10.7 Å². The van der Waals surface area contributed by atoms with Gasteiger partial charge >= 0.3 is 6.18 Å². The van der Waals surface area contributed by atoms with E-state index in [1.165, 1.54) is 11.3 Å². The van der Waals surface area contributed by atoms with Gasteiger partial charge in [0, 0.05) is 17.6 Å². The number of halogens is 3. The highest BCUT2D eigenvalue weighted by atomic mass is 32.1. The van der Waals surface area contributed by atoms with Crippen molar-refractivity contribution in [3.05, 3.63) is 63.7 Å². The Balaban J connectivity index is 1.89. The average molecular weight is 338 g/mol. The maximum atomic E-state index is 12.7. The molecule has 0 aliphatic carbocycles. The standard InChI is InChI=1S/C14H9F3N4OS/c15-14(16,17)11-4-5-12(22)21(20-11)7-9-8-23-13(19-9)10-3-1-2-6-18-10/h1-6,8H,7H2. The first-order chi connectivity index (χ1) is 10.9. The van der Waals surface area contributed by atoms with Crippen LogP contribution in [0.2, 0.25) is 0 Å². The van der Waals surface area contributed by atoms with Crippen LogP contribution in [0.1, 0.15) is 11.4 Å². The van der Waals surface area contributed by atoms with Gasteiger partial charge in [0.1, 0.15) is 5.01 Å². The summed E-state index contributed by atoms with van der Waals surface area (Å²) in [6.45, 7) is -0.133. The van der Waals surface area contributed by atoms with E-state index in [0.29, 0.717) is 22.5 Å². The van der Waals surface area contributed by atoms with Crippen LogP contribution in [0.5, 0.6) is 0 Å². The lowest BCUT2D eigenvalue weighted by Gasteiger charge is -2.08. The summed E-state index contributed by atoms with van der Waals surface area (Å²) in [5.74, 6) is 0. The maximum absolute atomic E-state index is 12.7. The van der Waals surface area contributed by atoms with Crippen LogP contribution in [0, 0.1) is 0 Å². The zero-order valence-corrected chi connectivity index (χ0v) is 12.3. The van der Waals surface area contributed by atoms with Crippen LogP contribution in [-0.4, -0.2) is 19.7 Å². The van der Waals surface area contributed by atoms with Gasteiger partial charge in [-0.15, -0.1) is 11.3 Å². The number of hydrogen-bond acceptors (Lipinski definition) is 5. The van der Waals surface area contributed by atoms with Crippen molar-refractivity contribution in [2.24, 2.45) is 0 Å². The monoisotopic (exact) mass is 338 g/mol. The number of pyridine rings is 1. The number of aromatic nitrogens is 4. The Labute approximate surface area is 132 Å². The lowest BCUT2D eigenvalue weighted by molar-refractivity contribution is -0.142. The Kier molecular flexibility index (Phi) is 3.95. The Morgan fingerprint density at radius 2 is 2.00 bits per heavy atom. The van der Waals surface area contributed by atoms with Gasteiger partial charge in [0.05, 0.1) is 17.9 Å². The van der Waals surface area contributed by atoms with Crippen molar-refractivity contribution in [2.75, 3.05) is 0 Å². The molecule has 118 valence electrons. The average Bonchev–Trinajstić information content (AvgIpc) is 2.98. The molecule has 3 heterocycles. The summed E-state index contributed by atoms with van der Waals surface area (Å²) in [4.78, 5) is 20.1. The van der Waals surface area contributed by atoms with Gasteiger partial charge in [-0.25, -0.2) is 9.67 Å². The van der Waals surface area contributed by atoms with Crippen LogP contribution < -0.4 is 5.56 Å². The van der Waals surface area contributed by atoms with Crippen LogP contribution >= 0.6 is 11.3 Å². The molecule has 5 nitrogen and oxygen atoms in total. The summed E-state index contributed by atoms with van der Waals surface area (Å²) in [5, 5.41) is 5.64. The van der Waals surface area contributed by atoms with Gasteiger partial charge in [0.25, 0.3) is 5.56 Å². The Morgan fingerprint density at radius 1 is 1.17 bits per heavy atom. The van der Waals surface area contributed by atoms with E-state index in [9.17, 15) is 18.0 Å². The molecule has 0 radical (unpaired) electrons. The Morgan fingerprint density at radius 3 is 2.70 bits per heavy atom. The van der Waals surface area contributed by atoms with Crippen molar-refractivity contribution in [2.45, 2.75) is 12.7 Å². The van der Waals surface area contributed by atoms with E-state index in [1.807, 2.05) is 6.07 Å². The summed E-state index contributed by atoms with van der Waals surface area (Å²) in [5.41, 5.74) is -0.625. The minimum Gasteiger partial charge on any atom is -0.268 e. The van der Waals surface area contributed by atoms with Crippen LogP contribution in [0.3, 0.4) is 0 Å². The number of alkyl halides is 3. The number of rotatable bonds is 3. The molecule has 0 aromatic carbocycles. The molecule has 23 heavy (non-hydrogen) atoms. The van der Waals surface area contributed by atoms with Gasteiger partial charge in [-0.3, -0.25) is 9.78 Å². The number of nitrogens with zero attached hydrogens (tertiary/aromatic N) is 4. The van der Waals surface area contributed by atoms with Gasteiger partial charge in [-0.05, 0) is 18.2 Å². The lowest BCUT2D eigenvalue weighted by Crippen LogP contribution is -2.26. The highest BCUT2D eigenvalue weighted by Crippen LogP contribution is 2.26. The van der Waals surface area contributed by atoms with Gasteiger partial charge < -0.3 is 0 Å². The molecule has 0 bridgehead atoms. The van der Waals surface area contributed by atoms with E-state index < -0.39 is 17.4 Å². The SMILES string of the molecule is O=c1ccc(C(F)(F)F)nn1Cc1csc(-c2ccccn2)n1. The molecule has 0 amide bonds. The molecular weight excluding hydrogens is 329 g/mol. The third kappa shape index (κ3) is 3.45. The second-order valence-electron chi connectivity index (χ2n) is 4.57. The predicted octanol–water partition coefficient (Wildman–Crippen LogP) is 2.83. The second kappa shape index (κ2) is 5.92. The molecule has 0 aliphatic rings. The second-order valence-corrected chi connectivity index (χ2v) is 5.43. The molecule has 0 unspecified atom stereocenters. The largest absolute Gasteiger partial charge is 0.435 e. The van der Waals surface area contributed by atoms with Gasteiger partial charge in [0.15, 0.2) is 5.69 Å². The zero-order chi connectivity index (χ0) is 16.4. The number of thiazole rings is 1. The molecule has 3 aromatic rings. The van der Waals surface area contributed by atoms with Gasteiger partial charge in [0.2, 0.25) is 0 Å². The molecule has 3 rings (SSSR count). The predicted molar refractivity (Wildman–Crippen MR) is 77.9 cm³/mol. The topological polar surface area (TPSA) is 60.7 Å². The molecule has 9 heteroatoms. The molecule has 0 saturated carbocycles. The fourth-order valence-corrected chi connectivity index (χ4v) is 2.64. The quantitative estimate of drug-likeness (QED) is 0.737. The van der Waals surface area contributed by atoms with Gasteiger partial charge in [-0.1, -0.05) is 6.07 Å². The summed E-state index contributed by atoms with van der Waals surface area (Å²) in [6, 6.07) is 6.87. The summed E-state index contributed by atoms with van der Waals surface area (Å²) >= 11 is 1.30. The van der Waals surface area contributed by atoms with Crippen molar-refractivity contribution in [3.63, 3.8) is 0 Å². The summed E-state index contributed by atoms with van der Waals surface area (Å²) < 4.78 is 38.7.